The molecule has 1 unspecified atom stereocenters. The van der Waals surface area contributed by atoms with E-state index < -0.39 is 0 Å². The van der Waals surface area contributed by atoms with Gasteiger partial charge in [-0.2, -0.15) is 0 Å². The van der Waals surface area contributed by atoms with Crippen molar-refractivity contribution in [3.8, 4) is 0 Å². The molecule has 0 fully saturated rings. The van der Waals surface area contributed by atoms with E-state index in [0.29, 0.717) is 6.10 Å². The lowest BCUT2D eigenvalue weighted by molar-refractivity contribution is 0.0431. The van der Waals surface area contributed by atoms with E-state index in [2.05, 4.69) is 20.8 Å². The Labute approximate surface area is 82.6 Å². The van der Waals surface area contributed by atoms with Gasteiger partial charge in [0.05, 0.1) is 6.10 Å². The monoisotopic (exact) mass is 188 g/mol. The third-order valence-electron chi connectivity index (χ3n) is 2.02. The zero-order valence-electron chi connectivity index (χ0n) is 9.34. The summed E-state index contributed by atoms with van der Waals surface area (Å²) >= 11 is 0. The highest BCUT2D eigenvalue weighted by atomic mass is 16.5. The number of hydrogen-bond acceptors (Lipinski definition) is 2. The summed E-state index contributed by atoms with van der Waals surface area (Å²) in [6.07, 6.45) is 4.92. The predicted octanol–water partition coefficient (Wildman–Crippen LogP) is 3.01. The molecular formula is C11H24O2. The number of rotatable bonds is 9. The first-order chi connectivity index (χ1) is 6.35. The molecule has 0 aliphatic carbocycles. The van der Waals surface area contributed by atoms with Crippen LogP contribution in [-0.2, 0) is 9.47 Å². The summed E-state index contributed by atoms with van der Waals surface area (Å²) in [7, 11) is 0. The van der Waals surface area contributed by atoms with E-state index in [4.69, 9.17) is 9.47 Å². The van der Waals surface area contributed by atoms with Gasteiger partial charge in [-0.3, -0.25) is 0 Å². The van der Waals surface area contributed by atoms with Crippen molar-refractivity contribution in [2.75, 3.05) is 19.8 Å². The second-order valence-electron chi connectivity index (χ2n) is 3.24. The average Bonchev–Trinajstić information content (AvgIpc) is 2.16. The molecule has 0 aromatic carbocycles. The van der Waals surface area contributed by atoms with E-state index in [1.807, 2.05) is 0 Å². The molecule has 0 N–H and O–H groups in total. The minimum Gasteiger partial charge on any atom is -0.381 e. The fourth-order valence-corrected chi connectivity index (χ4v) is 1.30. The molecule has 0 spiro atoms. The SMILES string of the molecule is CCCOCCCC(CC)OCC. The van der Waals surface area contributed by atoms with Gasteiger partial charge >= 0.3 is 0 Å². The third kappa shape index (κ3) is 8.26. The highest BCUT2D eigenvalue weighted by Crippen LogP contribution is 2.06. The minimum atomic E-state index is 0.440. The molecule has 0 bridgehead atoms. The van der Waals surface area contributed by atoms with Crippen molar-refractivity contribution < 1.29 is 9.47 Å². The first-order valence-electron chi connectivity index (χ1n) is 5.54. The van der Waals surface area contributed by atoms with Crippen LogP contribution < -0.4 is 0 Å². The van der Waals surface area contributed by atoms with E-state index >= 15 is 0 Å². The summed E-state index contributed by atoms with van der Waals surface area (Å²) in [4.78, 5) is 0. The van der Waals surface area contributed by atoms with Crippen LogP contribution in [0.25, 0.3) is 0 Å². The second-order valence-corrected chi connectivity index (χ2v) is 3.24. The Morgan fingerprint density at radius 3 is 2.38 bits per heavy atom. The lowest BCUT2D eigenvalue weighted by Crippen LogP contribution is -2.12. The Balaban J connectivity index is 3.17. The van der Waals surface area contributed by atoms with Gasteiger partial charge in [0.1, 0.15) is 0 Å². The van der Waals surface area contributed by atoms with Gasteiger partial charge in [0.25, 0.3) is 0 Å². The van der Waals surface area contributed by atoms with Gasteiger partial charge in [-0.15, -0.1) is 0 Å². The molecule has 2 heteroatoms. The van der Waals surface area contributed by atoms with E-state index in [9.17, 15) is 0 Å². The van der Waals surface area contributed by atoms with Gasteiger partial charge < -0.3 is 9.47 Å². The fraction of sp³-hybridized carbons (Fsp3) is 1.00. The Bertz CT molecular complexity index is 94.1. The van der Waals surface area contributed by atoms with Crippen molar-refractivity contribution >= 4 is 0 Å². The molecule has 80 valence electrons. The highest BCUT2D eigenvalue weighted by molar-refractivity contribution is 4.54. The molecule has 0 aromatic heterocycles. The van der Waals surface area contributed by atoms with Crippen LogP contribution in [0.1, 0.15) is 46.5 Å². The highest BCUT2D eigenvalue weighted by Gasteiger charge is 2.04. The maximum absolute atomic E-state index is 5.54. The van der Waals surface area contributed by atoms with Crippen LogP contribution >= 0.6 is 0 Å². The summed E-state index contributed by atoms with van der Waals surface area (Å²) in [6.45, 7) is 8.97. The van der Waals surface area contributed by atoms with Crippen LogP contribution in [0.2, 0.25) is 0 Å². The maximum Gasteiger partial charge on any atom is 0.0573 e. The van der Waals surface area contributed by atoms with Gasteiger partial charge in [0, 0.05) is 19.8 Å². The molecule has 1 atom stereocenters. The molecule has 0 radical (unpaired) electrons. The molecule has 0 heterocycles. The van der Waals surface area contributed by atoms with Gasteiger partial charge in [0.2, 0.25) is 0 Å². The zero-order valence-corrected chi connectivity index (χ0v) is 9.34. The summed E-state index contributed by atoms with van der Waals surface area (Å²) in [5.74, 6) is 0. The first-order valence-corrected chi connectivity index (χ1v) is 5.54. The van der Waals surface area contributed by atoms with Crippen LogP contribution in [0.5, 0.6) is 0 Å². The molecule has 0 saturated heterocycles. The lowest BCUT2D eigenvalue weighted by Gasteiger charge is -2.14. The van der Waals surface area contributed by atoms with Crippen LogP contribution in [0.3, 0.4) is 0 Å². The third-order valence-corrected chi connectivity index (χ3v) is 2.02. The largest absolute Gasteiger partial charge is 0.381 e. The van der Waals surface area contributed by atoms with Gasteiger partial charge in [-0.1, -0.05) is 13.8 Å². The number of hydrogen-bond donors (Lipinski definition) is 0. The summed E-state index contributed by atoms with van der Waals surface area (Å²) in [6, 6.07) is 0. The minimum absolute atomic E-state index is 0.440. The Morgan fingerprint density at radius 2 is 1.85 bits per heavy atom. The van der Waals surface area contributed by atoms with E-state index in [0.717, 1.165) is 45.5 Å². The molecule has 0 aliphatic rings. The van der Waals surface area contributed by atoms with E-state index in [1.165, 1.54) is 0 Å². The Morgan fingerprint density at radius 1 is 1.08 bits per heavy atom. The van der Waals surface area contributed by atoms with E-state index in [-0.39, 0.29) is 0 Å². The summed E-state index contributed by atoms with van der Waals surface area (Å²) < 4.78 is 10.9. The smallest absolute Gasteiger partial charge is 0.0573 e. The fourth-order valence-electron chi connectivity index (χ4n) is 1.30. The van der Waals surface area contributed by atoms with Crippen molar-refractivity contribution in [2.45, 2.75) is 52.6 Å². The van der Waals surface area contributed by atoms with Crippen molar-refractivity contribution in [3.63, 3.8) is 0 Å². The predicted molar refractivity (Wildman–Crippen MR) is 56.0 cm³/mol. The first kappa shape index (κ1) is 12.9. The molecule has 0 aliphatic heterocycles. The topological polar surface area (TPSA) is 18.5 Å². The standard InChI is InChI=1S/C11H24O2/c1-4-9-12-10-7-8-11(5-2)13-6-3/h11H,4-10H2,1-3H3. The summed E-state index contributed by atoms with van der Waals surface area (Å²) in [5.41, 5.74) is 0. The zero-order chi connectivity index (χ0) is 9.94. The van der Waals surface area contributed by atoms with Crippen LogP contribution in [0, 0.1) is 0 Å². The molecule has 2 nitrogen and oxygen atoms in total. The van der Waals surface area contributed by atoms with Crippen molar-refractivity contribution in [1.29, 1.82) is 0 Å². The molecule has 13 heavy (non-hydrogen) atoms. The van der Waals surface area contributed by atoms with Gasteiger partial charge in [0.15, 0.2) is 0 Å². The van der Waals surface area contributed by atoms with Gasteiger partial charge in [-0.05, 0) is 32.6 Å². The van der Waals surface area contributed by atoms with Gasteiger partial charge in [-0.25, -0.2) is 0 Å². The quantitative estimate of drug-likeness (QED) is 0.518. The molecule has 0 aromatic rings. The summed E-state index contributed by atoms with van der Waals surface area (Å²) in [5, 5.41) is 0. The number of ether oxygens (including phenoxy) is 2. The maximum atomic E-state index is 5.54. The average molecular weight is 188 g/mol. The van der Waals surface area contributed by atoms with Crippen molar-refractivity contribution in [2.24, 2.45) is 0 Å². The van der Waals surface area contributed by atoms with Crippen molar-refractivity contribution in [3.05, 3.63) is 0 Å². The Hall–Kier alpha value is -0.0800. The molecular weight excluding hydrogens is 164 g/mol. The Kier molecular flexibility index (Phi) is 9.94. The molecule has 0 saturated carbocycles. The lowest BCUT2D eigenvalue weighted by atomic mass is 10.1. The van der Waals surface area contributed by atoms with Crippen molar-refractivity contribution in [1.82, 2.24) is 0 Å². The molecule has 0 amide bonds. The molecule has 0 rings (SSSR count). The van der Waals surface area contributed by atoms with Crippen LogP contribution in [-0.4, -0.2) is 25.9 Å². The van der Waals surface area contributed by atoms with Crippen LogP contribution in [0.15, 0.2) is 0 Å². The van der Waals surface area contributed by atoms with E-state index in [1.54, 1.807) is 0 Å². The normalized spacial score (nSPS) is 13.2. The second kappa shape index (κ2) is 10.0. The van der Waals surface area contributed by atoms with Crippen LogP contribution in [0.4, 0.5) is 0 Å².